The fourth-order valence-corrected chi connectivity index (χ4v) is 7.82. The standard InChI is InChI=1S/C26H39NO4/c1-25-10-7-19(31-24(29)9-12-27-13-15-30-16-14-27)17-18(25)3-4-20-21-5-6-23(28)26(21,2)11-8-22(20)25/h3,19-22H,4-17H2,1-2H3/t19-,20+,21-,22-,25-,26-/m0/s1. The fourth-order valence-electron chi connectivity index (χ4n) is 7.82. The molecule has 5 heteroatoms. The highest BCUT2D eigenvalue weighted by molar-refractivity contribution is 5.87. The second-order valence-electron chi connectivity index (χ2n) is 11.2. The molecule has 0 bridgehead atoms. The van der Waals surface area contributed by atoms with E-state index in [4.69, 9.17) is 9.47 Å². The lowest BCUT2D eigenvalue weighted by Crippen LogP contribution is -2.50. The molecule has 1 heterocycles. The summed E-state index contributed by atoms with van der Waals surface area (Å²) in [6.07, 6.45) is 11.2. The third kappa shape index (κ3) is 3.80. The summed E-state index contributed by atoms with van der Waals surface area (Å²) < 4.78 is 11.3. The first-order valence-corrected chi connectivity index (χ1v) is 12.6. The number of carbonyl (C=O) groups excluding carboxylic acids is 2. The van der Waals surface area contributed by atoms with E-state index >= 15 is 0 Å². The van der Waals surface area contributed by atoms with Gasteiger partial charge in [-0.15, -0.1) is 0 Å². The number of morpholine rings is 1. The van der Waals surface area contributed by atoms with Gasteiger partial charge in [-0.05, 0) is 61.7 Å². The van der Waals surface area contributed by atoms with Crippen molar-refractivity contribution in [3.63, 3.8) is 0 Å². The zero-order valence-electron chi connectivity index (χ0n) is 19.4. The normalized spacial score (nSPS) is 42.9. The molecule has 0 aromatic carbocycles. The van der Waals surface area contributed by atoms with Crippen LogP contribution in [-0.4, -0.2) is 55.6 Å². The van der Waals surface area contributed by atoms with Crippen molar-refractivity contribution in [2.24, 2.45) is 28.6 Å². The Kier molecular flexibility index (Phi) is 5.79. The minimum absolute atomic E-state index is 0.0370. The van der Waals surface area contributed by atoms with Crippen LogP contribution in [0.5, 0.6) is 0 Å². The molecule has 3 saturated carbocycles. The minimum Gasteiger partial charge on any atom is -0.462 e. The highest BCUT2D eigenvalue weighted by Crippen LogP contribution is 2.64. The first-order chi connectivity index (χ1) is 14.9. The minimum atomic E-state index is -0.0594. The lowest BCUT2D eigenvalue weighted by molar-refractivity contribution is -0.152. The van der Waals surface area contributed by atoms with Crippen LogP contribution in [0, 0.1) is 28.6 Å². The second-order valence-corrected chi connectivity index (χ2v) is 11.2. The number of fused-ring (bicyclic) bond motifs is 5. The van der Waals surface area contributed by atoms with Crippen LogP contribution in [0.2, 0.25) is 0 Å². The number of nitrogens with zero attached hydrogens (tertiary/aromatic N) is 1. The molecule has 0 amide bonds. The molecule has 1 saturated heterocycles. The predicted octanol–water partition coefficient (Wildman–Crippen LogP) is 4.15. The predicted molar refractivity (Wildman–Crippen MR) is 118 cm³/mol. The van der Waals surface area contributed by atoms with Crippen LogP contribution in [0.4, 0.5) is 0 Å². The van der Waals surface area contributed by atoms with E-state index in [2.05, 4.69) is 24.8 Å². The van der Waals surface area contributed by atoms with Crippen LogP contribution >= 0.6 is 0 Å². The molecule has 5 aliphatic rings. The van der Waals surface area contributed by atoms with Gasteiger partial charge in [0.2, 0.25) is 0 Å². The van der Waals surface area contributed by atoms with E-state index in [1.54, 1.807) is 0 Å². The maximum Gasteiger partial charge on any atom is 0.307 e. The van der Waals surface area contributed by atoms with Crippen LogP contribution in [0.1, 0.15) is 71.6 Å². The van der Waals surface area contributed by atoms with E-state index in [-0.39, 0.29) is 22.9 Å². The van der Waals surface area contributed by atoms with E-state index in [0.717, 1.165) is 77.8 Å². The molecule has 0 aromatic rings. The average molecular weight is 430 g/mol. The van der Waals surface area contributed by atoms with E-state index in [1.165, 1.54) is 12.0 Å². The van der Waals surface area contributed by atoms with Crippen molar-refractivity contribution in [2.45, 2.75) is 77.7 Å². The van der Waals surface area contributed by atoms with Gasteiger partial charge in [0, 0.05) is 37.9 Å². The van der Waals surface area contributed by atoms with Crippen LogP contribution < -0.4 is 0 Å². The molecule has 0 spiro atoms. The summed E-state index contributed by atoms with van der Waals surface area (Å²) in [6.45, 7) is 8.84. The highest BCUT2D eigenvalue weighted by Gasteiger charge is 2.58. The monoisotopic (exact) mass is 429 g/mol. The number of ether oxygens (including phenoxy) is 2. The third-order valence-corrected chi connectivity index (χ3v) is 9.80. The number of ketones is 1. The van der Waals surface area contributed by atoms with Crippen LogP contribution in [-0.2, 0) is 19.1 Å². The molecule has 4 fully saturated rings. The SMILES string of the molecule is C[C@]12CC[C@H](OC(=O)CCN3CCOCC3)CC1=CC[C@H]1[C@@H]2CC[C@]2(C)C(=O)CC[C@@H]12. The number of allylic oxidation sites excluding steroid dienone is 1. The molecule has 4 aliphatic carbocycles. The topological polar surface area (TPSA) is 55.8 Å². The lowest BCUT2D eigenvalue weighted by atomic mass is 9.48. The molecule has 0 unspecified atom stereocenters. The van der Waals surface area contributed by atoms with Gasteiger partial charge >= 0.3 is 5.97 Å². The molecule has 1 aliphatic heterocycles. The Balaban J connectivity index is 1.20. The summed E-state index contributed by atoms with van der Waals surface area (Å²) in [5, 5.41) is 0. The maximum absolute atomic E-state index is 12.6. The first kappa shape index (κ1) is 21.6. The molecule has 172 valence electrons. The maximum atomic E-state index is 12.6. The smallest absolute Gasteiger partial charge is 0.307 e. The summed E-state index contributed by atoms with van der Waals surface area (Å²) in [5.74, 6) is 2.39. The van der Waals surface area contributed by atoms with Crippen LogP contribution in [0.25, 0.3) is 0 Å². The van der Waals surface area contributed by atoms with Crippen molar-refractivity contribution in [3.8, 4) is 0 Å². The van der Waals surface area contributed by atoms with Crippen molar-refractivity contribution in [1.29, 1.82) is 0 Å². The Bertz CT molecular complexity index is 757. The first-order valence-electron chi connectivity index (χ1n) is 12.6. The quantitative estimate of drug-likeness (QED) is 0.496. The Morgan fingerprint density at radius 3 is 2.68 bits per heavy atom. The molecule has 5 nitrogen and oxygen atoms in total. The number of esters is 1. The van der Waals surface area contributed by atoms with Gasteiger partial charge in [0.1, 0.15) is 11.9 Å². The van der Waals surface area contributed by atoms with Gasteiger partial charge < -0.3 is 9.47 Å². The van der Waals surface area contributed by atoms with E-state index in [9.17, 15) is 9.59 Å². The van der Waals surface area contributed by atoms with Gasteiger partial charge in [0.05, 0.1) is 19.6 Å². The van der Waals surface area contributed by atoms with Crippen LogP contribution in [0.3, 0.4) is 0 Å². The number of Topliss-reactive ketones (excluding diaryl/α,β-unsaturated/α-hetero) is 1. The van der Waals surface area contributed by atoms with E-state index in [1.807, 2.05) is 0 Å². The van der Waals surface area contributed by atoms with Gasteiger partial charge in [-0.3, -0.25) is 14.5 Å². The highest BCUT2D eigenvalue weighted by atomic mass is 16.5. The Morgan fingerprint density at radius 1 is 1.13 bits per heavy atom. The molecule has 5 rings (SSSR count). The number of rotatable bonds is 4. The molecule has 31 heavy (non-hydrogen) atoms. The van der Waals surface area contributed by atoms with Crippen molar-refractivity contribution in [3.05, 3.63) is 11.6 Å². The summed E-state index contributed by atoms with van der Waals surface area (Å²) >= 11 is 0. The number of carbonyl (C=O) groups is 2. The van der Waals surface area contributed by atoms with Crippen molar-refractivity contribution < 1.29 is 19.1 Å². The van der Waals surface area contributed by atoms with E-state index in [0.29, 0.717) is 30.0 Å². The second kappa shape index (κ2) is 8.30. The van der Waals surface area contributed by atoms with Crippen molar-refractivity contribution in [2.75, 3.05) is 32.8 Å². The molecule has 0 radical (unpaired) electrons. The Labute approximate surface area is 186 Å². The third-order valence-electron chi connectivity index (χ3n) is 9.80. The van der Waals surface area contributed by atoms with Crippen LogP contribution in [0.15, 0.2) is 11.6 Å². The fraction of sp³-hybridized carbons (Fsp3) is 0.846. The zero-order chi connectivity index (χ0) is 21.6. The molecular weight excluding hydrogens is 390 g/mol. The summed E-state index contributed by atoms with van der Waals surface area (Å²) in [6, 6.07) is 0. The van der Waals surface area contributed by atoms with E-state index < -0.39 is 0 Å². The summed E-state index contributed by atoms with van der Waals surface area (Å²) in [5.41, 5.74) is 1.70. The molecule has 0 N–H and O–H groups in total. The lowest BCUT2D eigenvalue weighted by Gasteiger charge is -2.56. The average Bonchev–Trinajstić information content (AvgIpc) is 3.08. The number of hydrogen-bond donors (Lipinski definition) is 0. The van der Waals surface area contributed by atoms with Gasteiger partial charge in [-0.1, -0.05) is 25.5 Å². The Hall–Kier alpha value is -1.20. The molecular formula is C26H39NO4. The Morgan fingerprint density at radius 2 is 1.87 bits per heavy atom. The van der Waals surface area contributed by atoms with Crippen molar-refractivity contribution >= 4 is 11.8 Å². The van der Waals surface area contributed by atoms with Gasteiger partial charge in [-0.25, -0.2) is 0 Å². The molecule has 6 atom stereocenters. The number of hydrogen-bond acceptors (Lipinski definition) is 5. The summed E-state index contributed by atoms with van der Waals surface area (Å²) in [4.78, 5) is 27.4. The largest absolute Gasteiger partial charge is 0.462 e. The zero-order valence-corrected chi connectivity index (χ0v) is 19.4. The van der Waals surface area contributed by atoms with Gasteiger partial charge in [0.25, 0.3) is 0 Å². The molecule has 0 aromatic heterocycles. The van der Waals surface area contributed by atoms with Gasteiger partial charge in [0.15, 0.2) is 0 Å². The summed E-state index contributed by atoms with van der Waals surface area (Å²) in [7, 11) is 0. The van der Waals surface area contributed by atoms with Gasteiger partial charge in [-0.2, -0.15) is 0 Å². The van der Waals surface area contributed by atoms with Crippen molar-refractivity contribution in [1.82, 2.24) is 4.90 Å².